The molecule has 4 heteroatoms. The fourth-order valence-corrected chi connectivity index (χ4v) is 4.00. The van der Waals surface area contributed by atoms with Gasteiger partial charge < -0.3 is 4.90 Å². The van der Waals surface area contributed by atoms with Crippen molar-refractivity contribution in [2.24, 2.45) is 7.05 Å². The molecular formula is C18H21N3O. The Hall–Kier alpha value is -2.10. The lowest BCUT2D eigenvalue weighted by atomic mass is 9.99. The van der Waals surface area contributed by atoms with Gasteiger partial charge in [-0.1, -0.05) is 24.3 Å². The molecule has 1 fully saturated rings. The first-order valence-corrected chi connectivity index (χ1v) is 8.11. The van der Waals surface area contributed by atoms with Crippen LogP contribution in [0, 0.1) is 0 Å². The summed E-state index contributed by atoms with van der Waals surface area (Å²) in [5.74, 6) is 0.352. The van der Waals surface area contributed by atoms with E-state index in [1.165, 1.54) is 16.7 Å². The van der Waals surface area contributed by atoms with Gasteiger partial charge in [-0.05, 0) is 36.8 Å². The number of benzene rings is 1. The second kappa shape index (κ2) is 5.27. The summed E-state index contributed by atoms with van der Waals surface area (Å²) in [5.41, 5.74) is 3.75. The minimum Gasteiger partial charge on any atom is -0.335 e. The Morgan fingerprint density at radius 2 is 2.14 bits per heavy atom. The SMILES string of the molecule is Cn1cc([C@H]2CCCN2C(=O)[C@@H]2CCc3ccccc32)cn1. The first-order valence-electron chi connectivity index (χ1n) is 8.11. The standard InChI is InChI=1S/C18H21N3O/c1-20-12-14(11-19-20)17-7-4-10-21(17)18(22)16-9-8-13-5-2-3-6-15(13)16/h2-3,5-6,11-12,16-17H,4,7-10H2,1H3/t16-,17-/m1/s1. The van der Waals surface area contributed by atoms with E-state index in [-0.39, 0.29) is 12.0 Å². The Balaban J connectivity index is 1.60. The lowest BCUT2D eigenvalue weighted by Crippen LogP contribution is -2.34. The molecule has 2 heterocycles. The third kappa shape index (κ3) is 2.14. The number of hydrogen-bond acceptors (Lipinski definition) is 2. The number of hydrogen-bond donors (Lipinski definition) is 0. The van der Waals surface area contributed by atoms with E-state index in [1.54, 1.807) is 0 Å². The van der Waals surface area contributed by atoms with E-state index in [1.807, 2.05) is 30.2 Å². The van der Waals surface area contributed by atoms with Crippen molar-refractivity contribution in [1.82, 2.24) is 14.7 Å². The zero-order valence-corrected chi connectivity index (χ0v) is 12.9. The van der Waals surface area contributed by atoms with Gasteiger partial charge in [0.25, 0.3) is 0 Å². The minimum absolute atomic E-state index is 0.0495. The third-order valence-electron chi connectivity index (χ3n) is 5.08. The minimum atomic E-state index is 0.0495. The molecule has 4 rings (SSSR count). The summed E-state index contributed by atoms with van der Waals surface area (Å²) in [5, 5.41) is 4.27. The second-order valence-electron chi connectivity index (χ2n) is 6.43. The van der Waals surface area contributed by atoms with Gasteiger partial charge in [0.1, 0.15) is 0 Å². The molecule has 114 valence electrons. The van der Waals surface area contributed by atoms with Gasteiger partial charge in [0.05, 0.1) is 18.2 Å². The largest absolute Gasteiger partial charge is 0.335 e. The number of likely N-dealkylation sites (tertiary alicyclic amines) is 1. The van der Waals surface area contributed by atoms with Gasteiger partial charge in [-0.2, -0.15) is 5.10 Å². The molecule has 2 atom stereocenters. The fraction of sp³-hybridized carbons (Fsp3) is 0.444. The van der Waals surface area contributed by atoms with Crippen molar-refractivity contribution in [3.05, 3.63) is 53.3 Å². The summed E-state index contributed by atoms with van der Waals surface area (Å²) in [4.78, 5) is 15.2. The first kappa shape index (κ1) is 13.6. The predicted molar refractivity (Wildman–Crippen MR) is 84.4 cm³/mol. The maximum absolute atomic E-state index is 13.1. The predicted octanol–water partition coefficient (Wildman–Crippen LogP) is 2.81. The van der Waals surface area contributed by atoms with E-state index in [9.17, 15) is 4.79 Å². The Labute approximate surface area is 130 Å². The van der Waals surface area contributed by atoms with E-state index >= 15 is 0 Å². The molecule has 1 aromatic heterocycles. The van der Waals surface area contributed by atoms with Gasteiger partial charge in [0, 0.05) is 25.4 Å². The van der Waals surface area contributed by atoms with Crippen LogP contribution in [0.15, 0.2) is 36.7 Å². The van der Waals surface area contributed by atoms with Crippen LogP contribution in [0.2, 0.25) is 0 Å². The quantitative estimate of drug-likeness (QED) is 0.854. The molecule has 1 amide bonds. The van der Waals surface area contributed by atoms with Gasteiger partial charge in [-0.3, -0.25) is 9.48 Å². The van der Waals surface area contributed by atoms with Gasteiger partial charge in [-0.15, -0.1) is 0 Å². The first-order chi connectivity index (χ1) is 10.7. The number of aromatic nitrogens is 2. The summed E-state index contributed by atoms with van der Waals surface area (Å²) >= 11 is 0. The highest BCUT2D eigenvalue weighted by Gasteiger charge is 2.37. The molecule has 1 saturated heterocycles. The molecular weight excluding hydrogens is 274 g/mol. The molecule has 22 heavy (non-hydrogen) atoms. The highest BCUT2D eigenvalue weighted by atomic mass is 16.2. The van der Waals surface area contributed by atoms with Crippen LogP contribution >= 0.6 is 0 Å². The molecule has 0 spiro atoms. The van der Waals surface area contributed by atoms with Crippen LogP contribution in [0.25, 0.3) is 0 Å². The van der Waals surface area contributed by atoms with Crippen LogP contribution in [-0.4, -0.2) is 27.1 Å². The van der Waals surface area contributed by atoms with E-state index in [2.05, 4.69) is 28.2 Å². The molecule has 0 bridgehead atoms. The van der Waals surface area contributed by atoms with Crippen LogP contribution in [0.4, 0.5) is 0 Å². The van der Waals surface area contributed by atoms with Crippen LogP contribution in [0.1, 0.15) is 47.9 Å². The number of fused-ring (bicyclic) bond motifs is 1. The van der Waals surface area contributed by atoms with Gasteiger partial charge in [0.15, 0.2) is 0 Å². The zero-order chi connectivity index (χ0) is 15.1. The van der Waals surface area contributed by atoms with Crippen molar-refractivity contribution in [3.8, 4) is 0 Å². The van der Waals surface area contributed by atoms with Crippen molar-refractivity contribution in [1.29, 1.82) is 0 Å². The molecule has 1 aliphatic heterocycles. The molecule has 0 saturated carbocycles. The molecule has 0 unspecified atom stereocenters. The Kier molecular flexibility index (Phi) is 3.25. The van der Waals surface area contributed by atoms with E-state index in [0.29, 0.717) is 5.91 Å². The molecule has 2 aliphatic rings. The smallest absolute Gasteiger partial charge is 0.230 e. The Bertz CT molecular complexity index is 706. The highest BCUT2D eigenvalue weighted by Crippen LogP contribution is 2.39. The van der Waals surface area contributed by atoms with Crippen molar-refractivity contribution in [2.75, 3.05) is 6.54 Å². The van der Waals surface area contributed by atoms with Crippen LogP contribution in [0.5, 0.6) is 0 Å². The maximum atomic E-state index is 13.1. The average Bonchev–Trinajstić information content (AvgIpc) is 3.25. The molecule has 1 aromatic carbocycles. The van der Waals surface area contributed by atoms with Crippen molar-refractivity contribution in [2.45, 2.75) is 37.6 Å². The summed E-state index contributed by atoms with van der Waals surface area (Å²) in [6.45, 7) is 0.872. The second-order valence-corrected chi connectivity index (χ2v) is 6.43. The number of carbonyl (C=O) groups is 1. The highest BCUT2D eigenvalue weighted by molar-refractivity contribution is 5.85. The van der Waals surface area contributed by atoms with Gasteiger partial charge >= 0.3 is 0 Å². The maximum Gasteiger partial charge on any atom is 0.230 e. The van der Waals surface area contributed by atoms with Crippen molar-refractivity contribution < 1.29 is 4.79 Å². The Morgan fingerprint density at radius 1 is 1.27 bits per heavy atom. The Morgan fingerprint density at radius 3 is 2.95 bits per heavy atom. The zero-order valence-electron chi connectivity index (χ0n) is 12.9. The summed E-state index contributed by atoms with van der Waals surface area (Å²) in [6.07, 6.45) is 8.05. The number of amides is 1. The molecule has 4 nitrogen and oxygen atoms in total. The fourth-order valence-electron chi connectivity index (χ4n) is 4.00. The topological polar surface area (TPSA) is 38.1 Å². The van der Waals surface area contributed by atoms with Crippen molar-refractivity contribution in [3.63, 3.8) is 0 Å². The van der Waals surface area contributed by atoms with Crippen molar-refractivity contribution >= 4 is 5.91 Å². The summed E-state index contributed by atoms with van der Waals surface area (Å²) in [6, 6.07) is 8.60. The number of rotatable bonds is 2. The summed E-state index contributed by atoms with van der Waals surface area (Å²) in [7, 11) is 1.93. The summed E-state index contributed by atoms with van der Waals surface area (Å²) < 4.78 is 1.82. The van der Waals surface area contributed by atoms with Crippen LogP contribution in [-0.2, 0) is 18.3 Å². The molecule has 1 aliphatic carbocycles. The average molecular weight is 295 g/mol. The molecule has 0 radical (unpaired) electrons. The lowest BCUT2D eigenvalue weighted by molar-refractivity contribution is -0.133. The van der Waals surface area contributed by atoms with Crippen LogP contribution in [0.3, 0.4) is 0 Å². The monoisotopic (exact) mass is 295 g/mol. The van der Waals surface area contributed by atoms with E-state index < -0.39 is 0 Å². The molecule has 0 N–H and O–H groups in total. The van der Waals surface area contributed by atoms with E-state index in [4.69, 9.17) is 0 Å². The van der Waals surface area contributed by atoms with Gasteiger partial charge in [0.2, 0.25) is 5.91 Å². The normalized spacial score (nSPS) is 23.8. The van der Waals surface area contributed by atoms with Crippen LogP contribution < -0.4 is 0 Å². The number of nitrogens with zero attached hydrogens (tertiary/aromatic N) is 3. The number of aryl methyl sites for hydroxylation is 2. The lowest BCUT2D eigenvalue weighted by Gasteiger charge is -2.27. The van der Waals surface area contributed by atoms with Gasteiger partial charge in [-0.25, -0.2) is 0 Å². The molecule has 2 aromatic rings. The van der Waals surface area contributed by atoms with E-state index in [0.717, 1.165) is 32.2 Å². The third-order valence-corrected chi connectivity index (χ3v) is 5.08. The number of carbonyl (C=O) groups excluding carboxylic acids is 1.